The highest BCUT2D eigenvalue weighted by Gasteiger charge is 2.18. The average molecular weight is 669 g/mol. The van der Waals surface area contributed by atoms with E-state index in [9.17, 15) is 40.9 Å². The lowest BCUT2D eigenvalue weighted by Crippen LogP contribution is -1.98. The molecule has 0 saturated heterocycles. The predicted octanol–water partition coefficient (Wildman–Crippen LogP) is 7.19. The van der Waals surface area contributed by atoms with E-state index in [2.05, 4.69) is 0 Å². The van der Waals surface area contributed by atoms with E-state index < -0.39 is 0 Å². The number of hydrogen-bond donors (Lipinski definition) is 8. The summed E-state index contributed by atoms with van der Waals surface area (Å²) in [5.74, 6) is -0.236. The highest BCUT2D eigenvalue weighted by molar-refractivity contribution is 5.56. The van der Waals surface area contributed by atoms with E-state index >= 15 is 0 Å². The van der Waals surface area contributed by atoms with Crippen LogP contribution in [-0.4, -0.2) is 40.9 Å². The van der Waals surface area contributed by atoms with Gasteiger partial charge in [0.2, 0.25) is 0 Å². The molecule has 6 aromatic rings. The molecule has 0 aromatic heterocycles. The van der Waals surface area contributed by atoms with Gasteiger partial charge in [0.05, 0.1) is 0 Å². The minimum atomic E-state index is -0.0499. The number of hydrogen-bond acceptors (Lipinski definition) is 8. The second kappa shape index (κ2) is 13.0. The van der Waals surface area contributed by atoms with Gasteiger partial charge in [-0.15, -0.1) is 0 Å². The Balaban J connectivity index is 1.29. The molecule has 6 aliphatic rings. The van der Waals surface area contributed by atoms with Gasteiger partial charge in [0, 0.05) is 83.0 Å². The lowest BCUT2D eigenvalue weighted by molar-refractivity contribution is 0.444. The third kappa shape index (κ3) is 6.69. The lowest BCUT2D eigenvalue weighted by atomic mass is 9.93. The fraction of sp³-hybridized carbons (Fsp3) is 0.143. The van der Waals surface area contributed by atoms with Crippen LogP contribution in [0.4, 0.5) is 0 Å². The average Bonchev–Trinajstić information content (AvgIpc) is 3.07. The molecule has 12 rings (SSSR count). The minimum Gasteiger partial charge on any atom is -0.508 e. The van der Waals surface area contributed by atoms with Gasteiger partial charge in [-0.3, -0.25) is 0 Å². The van der Waals surface area contributed by atoms with Crippen molar-refractivity contribution in [3.05, 3.63) is 164 Å². The third-order valence-electron chi connectivity index (χ3n) is 9.45. The zero-order valence-corrected chi connectivity index (χ0v) is 27.1. The van der Waals surface area contributed by atoms with Gasteiger partial charge in [0.1, 0.15) is 46.0 Å². The Morgan fingerprint density at radius 1 is 0.260 bits per heavy atom. The molecule has 0 fully saturated rings. The fourth-order valence-electron chi connectivity index (χ4n) is 6.76. The van der Waals surface area contributed by atoms with Crippen molar-refractivity contribution in [2.24, 2.45) is 0 Å². The molecule has 0 unspecified atom stereocenters. The maximum atomic E-state index is 11.2. The van der Waals surface area contributed by atoms with Gasteiger partial charge in [-0.25, -0.2) is 0 Å². The lowest BCUT2D eigenvalue weighted by Gasteiger charge is -2.15. The summed E-state index contributed by atoms with van der Waals surface area (Å²) >= 11 is 0. The van der Waals surface area contributed by atoms with Crippen molar-refractivity contribution in [2.45, 2.75) is 38.5 Å². The molecule has 0 spiro atoms. The molecule has 0 atom stereocenters. The molecule has 50 heavy (non-hydrogen) atoms. The van der Waals surface area contributed by atoms with Crippen LogP contribution in [0.15, 0.2) is 97.1 Å². The molecule has 12 bridgehead atoms. The highest BCUT2D eigenvalue weighted by atomic mass is 16.3. The van der Waals surface area contributed by atoms with E-state index in [-0.39, 0.29) is 58.8 Å². The van der Waals surface area contributed by atoms with E-state index in [1.165, 1.54) is 48.5 Å². The van der Waals surface area contributed by atoms with Crippen LogP contribution in [0.2, 0.25) is 0 Å². The Hall–Kier alpha value is -6.28. The first-order valence-electron chi connectivity index (χ1n) is 16.3. The van der Waals surface area contributed by atoms with Crippen molar-refractivity contribution in [3.8, 4) is 46.0 Å². The molecule has 0 saturated carbocycles. The summed E-state index contributed by atoms with van der Waals surface area (Å²) in [6.45, 7) is 0. The first-order chi connectivity index (χ1) is 24.0. The summed E-state index contributed by atoms with van der Waals surface area (Å²) < 4.78 is 0. The zero-order chi connectivity index (χ0) is 35.1. The molecule has 0 heterocycles. The fourth-order valence-corrected chi connectivity index (χ4v) is 6.76. The number of fused-ring (bicyclic) bond motifs is 2. The number of rotatable bonds is 0. The topological polar surface area (TPSA) is 162 Å². The molecule has 6 aromatic carbocycles. The summed E-state index contributed by atoms with van der Waals surface area (Å²) in [5.41, 5.74) is 7.02. The Labute approximate surface area is 288 Å². The molecule has 0 radical (unpaired) electrons. The van der Waals surface area contributed by atoms with E-state index in [1.807, 2.05) is 48.5 Å². The SMILES string of the molecule is Oc1cc2c(O)c(c1)Cc1cc(O)c(cc1O)Cc1ccc(cc1)Cc1cc(O)c(cc1O)Cc1cc(O)cc(c1O)Cc1ccc(cc1)C2. The Bertz CT molecular complexity index is 2080. The molecule has 8 N–H and O–H groups in total. The van der Waals surface area contributed by atoms with E-state index in [1.54, 1.807) is 0 Å². The number of phenols is 8. The van der Waals surface area contributed by atoms with Crippen LogP contribution in [0.5, 0.6) is 46.0 Å². The smallest absolute Gasteiger partial charge is 0.122 e. The predicted molar refractivity (Wildman–Crippen MR) is 189 cm³/mol. The van der Waals surface area contributed by atoms with Gasteiger partial charge in [0.15, 0.2) is 0 Å². The Morgan fingerprint density at radius 2 is 0.480 bits per heavy atom. The van der Waals surface area contributed by atoms with Crippen molar-refractivity contribution >= 4 is 0 Å². The number of phenolic OH excluding ortho intramolecular Hbond substituents is 8. The highest BCUT2D eigenvalue weighted by Crippen LogP contribution is 2.38. The molecule has 8 heteroatoms. The van der Waals surface area contributed by atoms with Gasteiger partial charge in [-0.1, -0.05) is 48.5 Å². The van der Waals surface area contributed by atoms with Gasteiger partial charge in [0.25, 0.3) is 0 Å². The van der Waals surface area contributed by atoms with Crippen LogP contribution in [-0.2, 0) is 38.5 Å². The third-order valence-corrected chi connectivity index (χ3v) is 9.45. The Morgan fingerprint density at radius 3 is 0.760 bits per heavy atom. The first-order valence-corrected chi connectivity index (χ1v) is 16.3. The minimum absolute atomic E-state index is 0.00910. The quantitative estimate of drug-likeness (QED) is 0.0788. The summed E-state index contributed by atoms with van der Waals surface area (Å²) in [7, 11) is 0. The summed E-state index contributed by atoms with van der Waals surface area (Å²) in [6.07, 6.45) is 1.42. The molecule has 0 amide bonds. The van der Waals surface area contributed by atoms with Crippen molar-refractivity contribution in [1.29, 1.82) is 0 Å². The van der Waals surface area contributed by atoms with E-state index in [4.69, 9.17) is 0 Å². The van der Waals surface area contributed by atoms with Crippen LogP contribution in [0.25, 0.3) is 0 Å². The monoisotopic (exact) mass is 668 g/mol. The van der Waals surface area contributed by atoms with Crippen LogP contribution in [0.1, 0.15) is 66.8 Å². The molecular weight excluding hydrogens is 632 g/mol. The van der Waals surface area contributed by atoms with Gasteiger partial charge >= 0.3 is 0 Å². The zero-order valence-electron chi connectivity index (χ0n) is 27.1. The van der Waals surface area contributed by atoms with E-state index in [0.29, 0.717) is 70.2 Å². The van der Waals surface area contributed by atoms with Crippen molar-refractivity contribution in [1.82, 2.24) is 0 Å². The summed E-state index contributed by atoms with van der Waals surface area (Å²) in [6, 6.07) is 26.9. The maximum absolute atomic E-state index is 11.2. The normalized spacial score (nSPS) is 13.0. The summed E-state index contributed by atoms with van der Waals surface area (Å²) in [4.78, 5) is 0. The second-order valence-electron chi connectivity index (χ2n) is 13.1. The Kier molecular flexibility index (Phi) is 8.37. The number of aromatic hydroxyl groups is 8. The largest absolute Gasteiger partial charge is 0.508 e. The standard InChI is InChI=1S/C42H36O8/c43-35-15-31-11-25-5-7-26(8-6-25)12-32-16-36(44)18-34(42(32)50)14-30-22-38(46)28(20-40(30)48)10-24-2-1-23(3-4-24)9-27-19-39(47)29(21-37(27)45)13-33(17-35)41(31)49/h1-8,15-22,43-50H,9-14H2. The molecule has 6 aliphatic carbocycles. The van der Waals surface area contributed by atoms with Crippen molar-refractivity contribution < 1.29 is 40.9 Å². The van der Waals surface area contributed by atoms with Gasteiger partial charge < -0.3 is 40.9 Å². The summed E-state index contributed by atoms with van der Waals surface area (Å²) in [5, 5.41) is 87.2. The molecule has 0 aliphatic heterocycles. The van der Waals surface area contributed by atoms with Crippen LogP contribution in [0, 0.1) is 0 Å². The molecule has 252 valence electrons. The maximum Gasteiger partial charge on any atom is 0.122 e. The van der Waals surface area contributed by atoms with Crippen LogP contribution < -0.4 is 0 Å². The first kappa shape index (κ1) is 32.3. The van der Waals surface area contributed by atoms with Crippen LogP contribution in [0.3, 0.4) is 0 Å². The van der Waals surface area contributed by atoms with E-state index in [0.717, 1.165) is 22.3 Å². The van der Waals surface area contributed by atoms with Crippen molar-refractivity contribution in [2.75, 3.05) is 0 Å². The second-order valence-corrected chi connectivity index (χ2v) is 13.1. The van der Waals surface area contributed by atoms with Gasteiger partial charge in [-0.2, -0.15) is 0 Å². The number of benzene rings is 6. The van der Waals surface area contributed by atoms with Crippen LogP contribution >= 0.6 is 0 Å². The van der Waals surface area contributed by atoms with Gasteiger partial charge in [-0.05, 0) is 70.8 Å². The molecule has 8 nitrogen and oxygen atoms in total. The molecular formula is C42H36O8. The van der Waals surface area contributed by atoms with Crippen molar-refractivity contribution in [3.63, 3.8) is 0 Å².